The molecule has 0 atom stereocenters. The van der Waals surface area contributed by atoms with Gasteiger partial charge in [-0.1, -0.05) is 0 Å². The van der Waals surface area contributed by atoms with Crippen molar-refractivity contribution in [2.45, 2.75) is 45.5 Å². The van der Waals surface area contributed by atoms with Crippen molar-refractivity contribution in [3.8, 4) is 5.75 Å². The zero-order valence-corrected chi connectivity index (χ0v) is 18.7. The van der Waals surface area contributed by atoms with Crippen molar-refractivity contribution in [1.29, 1.82) is 0 Å². The first-order valence-electron chi connectivity index (χ1n) is 10.8. The molecule has 5 N–H and O–H groups in total. The molecule has 1 aliphatic rings. The second-order valence-electron chi connectivity index (χ2n) is 8.11. The van der Waals surface area contributed by atoms with E-state index < -0.39 is 17.8 Å². The van der Waals surface area contributed by atoms with Gasteiger partial charge in [0.15, 0.2) is 5.84 Å². The van der Waals surface area contributed by atoms with E-state index in [4.69, 9.17) is 16.2 Å². The number of benzene rings is 1. The number of nitrogens with two attached hydrogens (primary N) is 2. The maximum absolute atomic E-state index is 13.1. The summed E-state index contributed by atoms with van der Waals surface area (Å²) < 4.78 is 31.9. The third kappa shape index (κ3) is 7.74. The number of halogens is 2. The minimum atomic E-state index is -3.30. The van der Waals surface area contributed by atoms with Crippen molar-refractivity contribution in [3.05, 3.63) is 29.3 Å². The van der Waals surface area contributed by atoms with Crippen molar-refractivity contribution >= 4 is 17.8 Å². The quantitative estimate of drug-likeness (QED) is 0.301. The van der Waals surface area contributed by atoms with Gasteiger partial charge in [0.2, 0.25) is 0 Å². The summed E-state index contributed by atoms with van der Waals surface area (Å²) in [5, 5.41) is 2.75. The van der Waals surface area contributed by atoms with Gasteiger partial charge in [-0.05, 0) is 62.3 Å². The number of urea groups is 1. The highest BCUT2D eigenvalue weighted by Gasteiger charge is 2.29. The van der Waals surface area contributed by atoms with Gasteiger partial charge in [0.25, 0.3) is 5.91 Å². The van der Waals surface area contributed by atoms with Gasteiger partial charge < -0.3 is 26.4 Å². The van der Waals surface area contributed by atoms with Crippen LogP contribution in [-0.4, -0.2) is 61.4 Å². The summed E-state index contributed by atoms with van der Waals surface area (Å²) in [6, 6.07) is 4.65. The highest BCUT2D eigenvalue weighted by Crippen LogP contribution is 2.23. The van der Waals surface area contributed by atoms with E-state index in [0.717, 1.165) is 31.2 Å². The van der Waals surface area contributed by atoms with E-state index in [-0.39, 0.29) is 5.91 Å². The summed E-state index contributed by atoms with van der Waals surface area (Å²) >= 11 is 0. The molecule has 2 rings (SSSR count). The van der Waals surface area contributed by atoms with Crippen LogP contribution in [-0.2, 0) is 0 Å². The number of carbonyl (C=O) groups is 2. The summed E-state index contributed by atoms with van der Waals surface area (Å²) in [5.41, 5.74) is 12.0. The van der Waals surface area contributed by atoms with E-state index >= 15 is 0 Å². The van der Waals surface area contributed by atoms with Crippen molar-refractivity contribution in [3.63, 3.8) is 0 Å². The lowest BCUT2D eigenvalue weighted by atomic mass is 9.92. The summed E-state index contributed by atoms with van der Waals surface area (Å²) in [7, 11) is 0. The molecule has 0 radical (unpaired) electrons. The highest BCUT2D eigenvalue weighted by atomic mass is 19.3. The van der Waals surface area contributed by atoms with E-state index in [9.17, 15) is 18.4 Å². The average Bonchev–Trinajstić information content (AvgIpc) is 2.74. The van der Waals surface area contributed by atoms with E-state index in [0.29, 0.717) is 56.9 Å². The van der Waals surface area contributed by atoms with E-state index in [1.807, 2.05) is 13.0 Å². The van der Waals surface area contributed by atoms with Crippen molar-refractivity contribution in [1.82, 2.24) is 10.2 Å². The van der Waals surface area contributed by atoms with Crippen LogP contribution in [0.4, 0.5) is 13.6 Å². The standard InChI is InChI=1S/C22H33F2N5O3/c1-15-14-17(5-6-18(15)19(30)27-10-9-25)32-13-3-4-16-7-11-29(12-8-16)21(31)28-20(26)22(2,23)24/h5-6,14,16H,3-4,7-13,25H2,1-2H3,(H,27,30)(H2,26,28,31). The minimum Gasteiger partial charge on any atom is -0.494 e. The van der Waals surface area contributed by atoms with Crippen molar-refractivity contribution in [2.24, 2.45) is 22.4 Å². The molecule has 0 unspecified atom stereocenters. The molecule has 1 aromatic carbocycles. The van der Waals surface area contributed by atoms with Gasteiger partial charge in [-0.15, -0.1) is 0 Å². The van der Waals surface area contributed by atoms with Gasteiger partial charge in [-0.2, -0.15) is 13.8 Å². The third-order valence-electron chi connectivity index (χ3n) is 5.45. The fourth-order valence-electron chi connectivity index (χ4n) is 3.51. The number of rotatable bonds is 9. The van der Waals surface area contributed by atoms with Gasteiger partial charge in [0.05, 0.1) is 6.61 Å². The molecule has 32 heavy (non-hydrogen) atoms. The number of nitrogens with zero attached hydrogens (tertiary/aromatic N) is 2. The van der Waals surface area contributed by atoms with E-state index in [1.165, 1.54) is 4.90 Å². The average molecular weight is 454 g/mol. The Morgan fingerprint density at radius 2 is 2.00 bits per heavy atom. The van der Waals surface area contributed by atoms with Crippen LogP contribution >= 0.6 is 0 Å². The van der Waals surface area contributed by atoms with Gasteiger partial charge in [-0.25, -0.2) is 4.79 Å². The number of likely N-dealkylation sites (tertiary alicyclic amines) is 1. The summed E-state index contributed by atoms with van der Waals surface area (Å²) in [6.45, 7) is 4.79. The maximum Gasteiger partial charge on any atom is 0.345 e. The SMILES string of the molecule is Cc1cc(OCCCC2CCN(C(=O)N=C(N)C(C)(F)F)CC2)ccc1C(=O)NCCN. The predicted molar refractivity (Wildman–Crippen MR) is 119 cm³/mol. The topological polar surface area (TPSA) is 123 Å². The Morgan fingerprint density at radius 1 is 1.31 bits per heavy atom. The maximum atomic E-state index is 13.1. The van der Waals surface area contributed by atoms with Crippen LogP contribution in [0.15, 0.2) is 23.2 Å². The number of nitrogens with one attached hydrogen (secondary N) is 1. The molecule has 0 aromatic heterocycles. The fraction of sp³-hybridized carbons (Fsp3) is 0.591. The first-order valence-corrected chi connectivity index (χ1v) is 10.8. The zero-order valence-electron chi connectivity index (χ0n) is 18.7. The Balaban J connectivity index is 1.71. The number of carbonyl (C=O) groups excluding carboxylic acids is 2. The number of alkyl halides is 2. The lowest BCUT2D eigenvalue weighted by Gasteiger charge is -2.30. The number of amides is 3. The normalized spacial score (nSPS) is 15.5. The smallest absolute Gasteiger partial charge is 0.345 e. The Morgan fingerprint density at radius 3 is 2.59 bits per heavy atom. The first-order chi connectivity index (χ1) is 15.1. The Hall–Kier alpha value is -2.75. The Labute approximate surface area is 187 Å². The number of hydrogen-bond donors (Lipinski definition) is 3. The minimum absolute atomic E-state index is 0.152. The molecule has 10 heteroatoms. The molecule has 8 nitrogen and oxygen atoms in total. The van der Waals surface area contributed by atoms with E-state index in [2.05, 4.69) is 10.3 Å². The van der Waals surface area contributed by atoms with Crippen LogP contribution in [0.5, 0.6) is 5.75 Å². The van der Waals surface area contributed by atoms with Crippen LogP contribution in [0.25, 0.3) is 0 Å². The molecule has 0 bridgehead atoms. The molecule has 178 valence electrons. The number of aryl methyl sites for hydroxylation is 1. The molecule has 0 aliphatic carbocycles. The monoisotopic (exact) mass is 453 g/mol. The third-order valence-corrected chi connectivity index (χ3v) is 5.45. The molecule has 1 aliphatic heterocycles. The number of piperidine rings is 1. The molecule has 1 aromatic rings. The predicted octanol–water partition coefficient (Wildman–Crippen LogP) is 2.69. The molecule has 1 saturated heterocycles. The van der Waals surface area contributed by atoms with Gasteiger partial charge in [0, 0.05) is 38.7 Å². The highest BCUT2D eigenvalue weighted by molar-refractivity contribution is 5.96. The lowest BCUT2D eigenvalue weighted by Crippen LogP contribution is -2.40. The number of aliphatic imine (C=N–C) groups is 1. The van der Waals surface area contributed by atoms with E-state index in [1.54, 1.807) is 12.1 Å². The molecular formula is C22H33F2N5O3. The van der Waals surface area contributed by atoms with Crippen LogP contribution in [0.1, 0.15) is 48.5 Å². The van der Waals surface area contributed by atoms with Gasteiger partial charge in [0.1, 0.15) is 5.75 Å². The zero-order chi connectivity index (χ0) is 23.7. The van der Waals surface area contributed by atoms with Crippen LogP contribution in [0.2, 0.25) is 0 Å². The summed E-state index contributed by atoms with van der Waals surface area (Å²) in [6.07, 6.45) is 3.37. The second kappa shape index (κ2) is 11.8. The Kier molecular flexibility index (Phi) is 9.37. The van der Waals surface area contributed by atoms with Gasteiger partial charge >= 0.3 is 12.0 Å². The van der Waals surface area contributed by atoms with Crippen LogP contribution < -0.4 is 21.5 Å². The van der Waals surface area contributed by atoms with Gasteiger partial charge in [-0.3, -0.25) is 4.79 Å². The fourth-order valence-corrected chi connectivity index (χ4v) is 3.51. The summed E-state index contributed by atoms with van der Waals surface area (Å²) in [4.78, 5) is 28.8. The number of amidine groups is 1. The van der Waals surface area contributed by atoms with Crippen LogP contribution in [0.3, 0.4) is 0 Å². The lowest BCUT2D eigenvalue weighted by molar-refractivity contribution is 0.0952. The molecular weight excluding hydrogens is 420 g/mol. The number of hydrogen-bond acceptors (Lipinski definition) is 4. The largest absolute Gasteiger partial charge is 0.494 e. The molecule has 0 saturated carbocycles. The molecule has 0 spiro atoms. The Bertz CT molecular complexity index is 818. The molecule has 1 heterocycles. The molecule has 3 amide bonds. The summed E-state index contributed by atoms with van der Waals surface area (Å²) in [5.74, 6) is -3.26. The number of ether oxygens (including phenoxy) is 1. The van der Waals surface area contributed by atoms with Crippen molar-refractivity contribution in [2.75, 3.05) is 32.8 Å². The second-order valence-corrected chi connectivity index (χ2v) is 8.11. The first kappa shape index (κ1) is 25.5. The van der Waals surface area contributed by atoms with Crippen molar-refractivity contribution < 1.29 is 23.1 Å². The molecule has 1 fully saturated rings. The van der Waals surface area contributed by atoms with Crippen LogP contribution in [0, 0.1) is 12.8 Å².